The van der Waals surface area contributed by atoms with Gasteiger partial charge in [0.1, 0.15) is 0 Å². The molecule has 4 fully saturated rings. The molecule has 2 heteroatoms. The number of hydrogen-bond donors (Lipinski definition) is 2. The second-order valence-electron chi connectivity index (χ2n) is 7.69. The standard InChI is InChI=1S/C15H27NO/c1-14(2,17)3-4-16-15-8-11-5-12(9-15)7-13(6-11)10-15/h11-13,16-17H,3-10H2,1-2H3. The van der Waals surface area contributed by atoms with Crippen molar-refractivity contribution in [2.75, 3.05) is 6.54 Å². The largest absolute Gasteiger partial charge is 0.390 e. The molecular formula is C15H27NO. The summed E-state index contributed by atoms with van der Waals surface area (Å²) in [7, 11) is 0. The lowest BCUT2D eigenvalue weighted by atomic mass is 9.53. The van der Waals surface area contributed by atoms with Crippen LogP contribution < -0.4 is 5.32 Å². The van der Waals surface area contributed by atoms with Gasteiger partial charge >= 0.3 is 0 Å². The summed E-state index contributed by atoms with van der Waals surface area (Å²) in [5, 5.41) is 13.6. The molecule has 0 spiro atoms. The van der Waals surface area contributed by atoms with Crippen LogP contribution in [0.4, 0.5) is 0 Å². The van der Waals surface area contributed by atoms with Crippen LogP contribution in [0.15, 0.2) is 0 Å². The Balaban J connectivity index is 1.59. The number of aliphatic hydroxyl groups is 1. The maximum absolute atomic E-state index is 9.79. The molecule has 0 aromatic rings. The normalized spacial score (nSPS) is 44.3. The van der Waals surface area contributed by atoms with E-state index in [4.69, 9.17) is 0 Å². The molecule has 0 aromatic heterocycles. The Morgan fingerprint density at radius 3 is 1.94 bits per heavy atom. The average molecular weight is 237 g/mol. The van der Waals surface area contributed by atoms with E-state index in [2.05, 4.69) is 5.32 Å². The van der Waals surface area contributed by atoms with Crippen molar-refractivity contribution in [3.05, 3.63) is 0 Å². The third-order valence-electron chi connectivity index (χ3n) is 5.28. The van der Waals surface area contributed by atoms with E-state index in [9.17, 15) is 5.11 Å². The zero-order valence-corrected chi connectivity index (χ0v) is 11.3. The molecule has 2 N–H and O–H groups in total. The average Bonchev–Trinajstić information content (AvgIpc) is 2.11. The Labute approximate surface area is 105 Å². The zero-order valence-electron chi connectivity index (χ0n) is 11.3. The third kappa shape index (κ3) is 2.53. The Bertz CT molecular complexity index is 257. The second-order valence-corrected chi connectivity index (χ2v) is 7.69. The first-order valence-electron chi connectivity index (χ1n) is 7.42. The summed E-state index contributed by atoms with van der Waals surface area (Å²) >= 11 is 0. The smallest absolute Gasteiger partial charge is 0.0603 e. The lowest BCUT2D eigenvalue weighted by Gasteiger charge is -2.57. The van der Waals surface area contributed by atoms with Crippen LogP contribution in [0.3, 0.4) is 0 Å². The molecule has 4 aliphatic carbocycles. The van der Waals surface area contributed by atoms with Crippen LogP contribution >= 0.6 is 0 Å². The van der Waals surface area contributed by atoms with Gasteiger partial charge in [-0.1, -0.05) is 0 Å². The Morgan fingerprint density at radius 2 is 1.53 bits per heavy atom. The minimum atomic E-state index is -0.519. The van der Waals surface area contributed by atoms with Gasteiger partial charge in [0.25, 0.3) is 0 Å². The summed E-state index contributed by atoms with van der Waals surface area (Å²) in [5.41, 5.74) is -0.0602. The van der Waals surface area contributed by atoms with Crippen molar-refractivity contribution in [3.63, 3.8) is 0 Å². The number of hydrogen-bond acceptors (Lipinski definition) is 2. The van der Waals surface area contributed by atoms with Gasteiger partial charge < -0.3 is 10.4 Å². The molecule has 0 atom stereocenters. The number of rotatable bonds is 4. The highest BCUT2D eigenvalue weighted by Crippen LogP contribution is 2.55. The fraction of sp³-hybridized carbons (Fsp3) is 1.00. The van der Waals surface area contributed by atoms with Crippen LogP contribution in [0.1, 0.15) is 58.8 Å². The first-order valence-corrected chi connectivity index (χ1v) is 7.42. The molecule has 4 bridgehead atoms. The zero-order chi connectivity index (χ0) is 12.1. The maximum Gasteiger partial charge on any atom is 0.0603 e. The molecule has 0 heterocycles. The molecule has 17 heavy (non-hydrogen) atoms. The Morgan fingerprint density at radius 1 is 1.06 bits per heavy atom. The molecular weight excluding hydrogens is 210 g/mol. The van der Waals surface area contributed by atoms with Gasteiger partial charge in [0.05, 0.1) is 5.60 Å². The SMILES string of the molecule is CC(C)(O)CCNC12CC3CC(CC(C3)C1)C2. The molecule has 0 aliphatic heterocycles. The Kier molecular flexibility index (Phi) is 2.79. The molecule has 0 saturated heterocycles. The van der Waals surface area contributed by atoms with E-state index >= 15 is 0 Å². The predicted molar refractivity (Wildman–Crippen MR) is 69.8 cm³/mol. The van der Waals surface area contributed by atoms with E-state index in [0.29, 0.717) is 5.54 Å². The molecule has 98 valence electrons. The van der Waals surface area contributed by atoms with Gasteiger partial charge in [-0.2, -0.15) is 0 Å². The van der Waals surface area contributed by atoms with Crippen molar-refractivity contribution in [3.8, 4) is 0 Å². The van der Waals surface area contributed by atoms with Gasteiger partial charge in [-0.3, -0.25) is 0 Å². The quantitative estimate of drug-likeness (QED) is 0.788. The van der Waals surface area contributed by atoms with Crippen LogP contribution in [-0.2, 0) is 0 Å². The van der Waals surface area contributed by atoms with Gasteiger partial charge in [0.2, 0.25) is 0 Å². The van der Waals surface area contributed by atoms with Crippen molar-refractivity contribution in [2.24, 2.45) is 17.8 Å². The van der Waals surface area contributed by atoms with Gasteiger partial charge in [-0.05, 0) is 83.1 Å². The highest BCUT2D eigenvalue weighted by atomic mass is 16.3. The highest BCUT2D eigenvalue weighted by Gasteiger charge is 2.50. The molecule has 4 rings (SSSR count). The summed E-state index contributed by atoms with van der Waals surface area (Å²) in [5.74, 6) is 3.03. The summed E-state index contributed by atoms with van der Waals surface area (Å²) in [6.45, 7) is 4.80. The van der Waals surface area contributed by atoms with E-state index < -0.39 is 5.60 Å². The summed E-state index contributed by atoms with van der Waals surface area (Å²) in [4.78, 5) is 0. The lowest BCUT2D eigenvalue weighted by Crippen LogP contribution is -2.58. The first kappa shape index (κ1) is 12.0. The maximum atomic E-state index is 9.79. The van der Waals surface area contributed by atoms with Gasteiger partial charge in [0.15, 0.2) is 0 Å². The highest BCUT2D eigenvalue weighted by molar-refractivity contribution is 5.06. The minimum Gasteiger partial charge on any atom is -0.390 e. The van der Waals surface area contributed by atoms with Crippen molar-refractivity contribution >= 4 is 0 Å². The van der Waals surface area contributed by atoms with Crippen molar-refractivity contribution in [1.82, 2.24) is 5.32 Å². The van der Waals surface area contributed by atoms with E-state index in [1.165, 1.54) is 38.5 Å². The number of nitrogens with one attached hydrogen (secondary N) is 1. The third-order valence-corrected chi connectivity index (χ3v) is 5.28. The molecule has 2 nitrogen and oxygen atoms in total. The van der Waals surface area contributed by atoms with E-state index in [1.54, 1.807) is 0 Å². The monoisotopic (exact) mass is 237 g/mol. The summed E-state index contributed by atoms with van der Waals surface area (Å²) < 4.78 is 0. The van der Waals surface area contributed by atoms with Gasteiger partial charge in [0, 0.05) is 5.54 Å². The minimum absolute atomic E-state index is 0.458. The Hall–Kier alpha value is -0.0800. The fourth-order valence-electron chi connectivity index (χ4n) is 4.96. The van der Waals surface area contributed by atoms with Gasteiger partial charge in [-0.15, -0.1) is 0 Å². The van der Waals surface area contributed by atoms with Crippen molar-refractivity contribution in [1.29, 1.82) is 0 Å². The van der Waals surface area contributed by atoms with Crippen molar-refractivity contribution < 1.29 is 5.11 Å². The second kappa shape index (κ2) is 3.96. The molecule has 0 aromatic carbocycles. The summed E-state index contributed by atoms with van der Waals surface area (Å²) in [6, 6.07) is 0. The van der Waals surface area contributed by atoms with E-state index in [1.807, 2.05) is 13.8 Å². The van der Waals surface area contributed by atoms with Crippen molar-refractivity contribution in [2.45, 2.75) is 69.9 Å². The van der Waals surface area contributed by atoms with E-state index in [-0.39, 0.29) is 0 Å². The van der Waals surface area contributed by atoms with Crippen LogP contribution in [0.5, 0.6) is 0 Å². The molecule has 0 amide bonds. The molecule has 4 aliphatic rings. The van der Waals surface area contributed by atoms with Crippen LogP contribution in [0.25, 0.3) is 0 Å². The lowest BCUT2D eigenvalue weighted by molar-refractivity contribution is -0.0230. The summed E-state index contributed by atoms with van der Waals surface area (Å²) in [6.07, 6.45) is 9.61. The van der Waals surface area contributed by atoms with Crippen LogP contribution in [0, 0.1) is 17.8 Å². The van der Waals surface area contributed by atoms with E-state index in [0.717, 1.165) is 30.7 Å². The molecule has 4 saturated carbocycles. The topological polar surface area (TPSA) is 32.3 Å². The van der Waals surface area contributed by atoms with Crippen LogP contribution in [-0.4, -0.2) is 22.8 Å². The predicted octanol–water partition coefficient (Wildman–Crippen LogP) is 2.71. The first-order chi connectivity index (χ1) is 7.94. The molecule has 0 unspecified atom stereocenters. The fourth-order valence-corrected chi connectivity index (χ4v) is 4.96. The molecule has 0 radical (unpaired) electrons. The van der Waals surface area contributed by atoms with Gasteiger partial charge in [-0.25, -0.2) is 0 Å². The van der Waals surface area contributed by atoms with Crippen LogP contribution in [0.2, 0.25) is 0 Å².